The molecule has 0 aliphatic carbocycles. The lowest BCUT2D eigenvalue weighted by Crippen LogP contribution is -2.32. The third-order valence-corrected chi connectivity index (χ3v) is 4.48. The summed E-state index contributed by atoms with van der Waals surface area (Å²) >= 11 is 5.91. The Balaban J connectivity index is 1.79. The van der Waals surface area contributed by atoms with Crippen LogP contribution in [0.5, 0.6) is 11.8 Å². The van der Waals surface area contributed by atoms with Crippen molar-refractivity contribution in [2.75, 3.05) is 0 Å². The van der Waals surface area contributed by atoms with E-state index in [0.29, 0.717) is 0 Å². The van der Waals surface area contributed by atoms with Crippen LogP contribution in [-0.2, 0) is 17.0 Å². The van der Waals surface area contributed by atoms with Gasteiger partial charge in [-0.25, -0.2) is 15.1 Å². The van der Waals surface area contributed by atoms with Crippen LogP contribution in [0.1, 0.15) is 48.0 Å². The minimum atomic E-state index is -0.531. The summed E-state index contributed by atoms with van der Waals surface area (Å²) in [7, 11) is 0. The highest BCUT2D eigenvalue weighted by molar-refractivity contribution is 6.29. The summed E-state index contributed by atoms with van der Waals surface area (Å²) in [6, 6.07) is 10.9. The third-order valence-electron chi connectivity index (χ3n) is 4.27. The van der Waals surface area contributed by atoms with Crippen molar-refractivity contribution in [3.8, 4) is 11.8 Å². The first kappa shape index (κ1) is 21.7. The Kier molecular flexibility index (Phi) is 6.38. The Hall–Kier alpha value is -2.97. The second-order valence-corrected chi connectivity index (χ2v) is 8.26. The van der Waals surface area contributed by atoms with E-state index in [-0.39, 0.29) is 29.2 Å². The first-order chi connectivity index (χ1) is 14.1. The van der Waals surface area contributed by atoms with Gasteiger partial charge in [0.2, 0.25) is 5.88 Å². The fourth-order valence-corrected chi connectivity index (χ4v) is 2.94. The van der Waals surface area contributed by atoms with E-state index in [9.17, 15) is 4.79 Å². The van der Waals surface area contributed by atoms with E-state index in [1.54, 1.807) is 18.2 Å². The predicted molar refractivity (Wildman–Crippen MR) is 113 cm³/mol. The molecule has 9 heteroatoms. The molecule has 8 nitrogen and oxygen atoms in total. The van der Waals surface area contributed by atoms with Crippen LogP contribution >= 0.6 is 11.6 Å². The van der Waals surface area contributed by atoms with Gasteiger partial charge < -0.3 is 4.74 Å². The molecule has 0 atom stereocenters. The van der Waals surface area contributed by atoms with E-state index in [1.807, 2.05) is 46.8 Å². The number of hydroxylamine groups is 1. The van der Waals surface area contributed by atoms with Crippen molar-refractivity contribution < 1.29 is 14.4 Å². The molecule has 0 radical (unpaired) electrons. The highest BCUT2D eigenvalue weighted by atomic mass is 35.5. The Morgan fingerprint density at radius 1 is 1.20 bits per heavy atom. The Bertz CT molecular complexity index is 1060. The number of aromatic nitrogens is 4. The molecular formula is C21H24ClN5O3. The van der Waals surface area contributed by atoms with Crippen LogP contribution in [0.25, 0.3) is 0 Å². The average Bonchev–Trinajstić information content (AvgIpc) is 3.07. The first-order valence-electron chi connectivity index (χ1n) is 9.40. The van der Waals surface area contributed by atoms with E-state index in [1.165, 1.54) is 4.68 Å². The molecule has 0 bridgehead atoms. The molecule has 0 unspecified atom stereocenters. The molecule has 0 saturated carbocycles. The van der Waals surface area contributed by atoms with Gasteiger partial charge in [-0.1, -0.05) is 51.7 Å². The van der Waals surface area contributed by atoms with Crippen molar-refractivity contribution in [1.29, 1.82) is 0 Å². The topological polar surface area (TPSA) is 91.2 Å². The van der Waals surface area contributed by atoms with E-state index >= 15 is 0 Å². The lowest BCUT2D eigenvalue weighted by atomic mass is 10.1. The molecule has 3 aromatic rings. The van der Waals surface area contributed by atoms with Crippen molar-refractivity contribution in [1.82, 2.24) is 25.5 Å². The lowest BCUT2D eigenvalue weighted by molar-refractivity contribution is 0.0217. The minimum Gasteiger partial charge on any atom is -0.417 e. The summed E-state index contributed by atoms with van der Waals surface area (Å²) < 4.78 is 7.15. The van der Waals surface area contributed by atoms with Crippen molar-refractivity contribution in [2.45, 2.75) is 46.8 Å². The molecular weight excluding hydrogens is 406 g/mol. The second kappa shape index (κ2) is 8.81. The lowest BCUT2D eigenvalue weighted by Gasteiger charge is -2.20. The quantitative estimate of drug-likeness (QED) is 0.462. The number of nitrogens with zero attached hydrogens (tertiary/aromatic N) is 4. The Morgan fingerprint density at radius 2 is 1.97 bits per heavy atom. The highest BCUT2D eigenvalue weighted by Crippen LogP contribution is 2.26. The van der Waals surface area contributed by atoms with Crippen LogP contribution in [0, 0.1) is 13.8 Å². The third kappa shape index (κ3) is 5.14. The van der Waals surface area contributed by atoms with E-state index in [2.05, 4.69) is 26.8 Å². The molecule has 0 fully saturated rings. The zero-order valence-electron chi connectivity index (χ0n) is 17.6. The van der Waals surface area contributed by atoms with E-state index in [0.717, 1.165) is 16.7 Å². The normalized spacial score (nSPS) is 11.4. The van der Waals surface area contributed by atoms with Gasteiger partial charge in [0.25, 0.3) is 11.8 Å². The zero-order valence-corrected chi connectivity index (χ0v) is 18.3. The number of hydrogen-bond donors (Lipinski definition) is 1. The number of nitrogens with one attached hydrogen (secondary N) is 1. The molecule has 2 aromatic heterocycles. The SMILES string of the molecule is Cc1ccc(CONC(=O)c2c(Oc3cccc(Cl)n3)nnn2C(C)(C)C)c(C)c1. The number of carbonyl (C=O) groups is 1. The van der Waals surface area contributed by atoms with Crippen molar-refractivity contribution in [3.63, 3.8) is 0 Å². The standard InChI is InChI=1S/C21H24ClN5O3/c1-13-9-10-15(14(2)11-13)12-29-25-19(28)18-20(24-26-27(18)21(3,4)5)30-17-8-6-7-16(22)23-17/h6-11H,12H2,1-5H3,(H,25,28). The number of rotatable bonds is 6. The Labute approximate surface area is 180 Å². The molecule has 30 heavy (non-hydrogen) atoms. The number of pyridine rings is 1. The predicted octanol–water partition coefficient (Wildman–Crippen LogP) is 4.35. The molecule has 0 spiro atoms. The maximum atomic E-state index is 12.9. The van der Waals surface area contributed by atoms with Gasteiger partial charge in [-0.05, 0) is 51.8 Å². The molecule has 0 saturated heterocycles. The molecule has 0 aliphatic rings. The van der Waals surface area contributed by atoms with Gasteiger partial charge in [0, 0.05) is 6.07 Å². The maximum absolute atomic E-state index is 12.9. The van der Waals surface area contributed by atoms with Crippen LogP contribution in [-0.4, -0.2) is 25.9 Å². The van der Waals surface area contributed by atoms with Gasteiger partial charge in [-0.2, -0.15) is 0 Å². The number of hydrogen-bond acceptors (Lipinski definition) is 6. The summed E-state index contributed by atoms with van der Waals surface area (Å²) in [6.07, 6.45) is 0. The van der Waals surface area contributed by atoms with Crippen LogP contribution in [0.15, 0.2) is 36.4 Å². The van der Waals surface area contributed by atoms with E-state index < -0.39 is 11.4 Å². The number of halogens is 1. The van der Waals surface area contributed by atoms with Gasteiger partial charge >= 0.3 is 0 Å². The van der Waals surface area contributed by atoms with Crippen LogP contribution in [0.4, 0.5) is 0 Å². The number of benzene rings is 1. The molecule has 3 rings (SSSR count). The monoisotopic (exact) mass is 429 g/mol. The van der Waals surface area contributed by atoms with Gasteiger partial charge in [-0.15, -0.1) is 0 Å². The highest BCUT2D eigenvalue weighted by Gasteiger charge is 2.29. The van der Waals surface area contributed by atoms with Gasteiger partial charge in [0.05, 0.1) is 5.54 Å². The van der Waals surface area contributed by atoms with Crippen LogP contribution in [0.2, 0.25) is 5.15 Å². The van der Waals surface area contributed by atoms with Crippen LogP contribution < -0.4 is 10.2 Å². The molecule has 158 valence electrons. The molecule has 0 aliphatic heterocycles. The number of ether oxygens (including phenoxy) is 1. The van der Waals surface area contributed by atoms with Crippen molar-refractivity contribution >= 4 is 17.5 Å². The molecule has 2 heterocycles. The Morgan fingerprint density at radius 3 is 2.63 bits per heavy atom. The van der Waals surface area contributed by atoms with E-state index in [4.69, 9.17) is 21.2 Å². The number of carbonyl (C=O) groups excluding carboxylic acids is 1. The molecule has 1 amide bonds. The zero-order chi connectivity index (χ0) is 21.9. The maximum Gasteiger partial charge on any atom is 0.298 e. The largest absolute Gasteiger partial charge is 0.417 e. The van der Waals surface area contributed by atoms with Gasteiger partial charge in [0.1, 0.15) is 11.8 Å². The molecule has 1 aromatic carbocycles. The summed E-state index contributed by atoms with van der Waals surface area (Å²) in [4.78, 5) is 22.4. The molecule has 1 N–H and O–H groups in total. The van der Waals surface area contributed by atoms with Crippen molar-refractivity contribution in [3.05, 3.63) is 63.9 Å². The van der Waals surface area contributed by atoms with Gasteiger partial charge in [0.15, 0.2) is 5.69 Å². The minimum absolute atomic E-state index is 0.00677. The van der Waals surface area contributed by atoms with Gasteiger partial charge in [-0.3, -0.25) is 9.63 Å². The first-order valence-corrected chi connectivity index (χ1v) is 9.78. The fraction of sp³-hybridized carbons (Fsp3) is 0.333. The van der Waals surface area contributed by atoms with Crippen molar-refractivity contribution in [2.24, 2.45) is 0 Å². The summed E-state index contributed by atoms with van der Waals surface area (Å²) in [5, 5.41) is 8.35. The number of aryl methyl sites for hydroxylation is 2. The number of amides is 1. The summed E-state index contributed by atoms with van der Waals surface area (Å²) in [6.45, 7) is 9.94. The summed E-state index contributed by atoms with van der Waals surface area (Å²) in [5.41, 5.74) is 5.28. The van der Waals surface area contributed by atoms with Crippen LogP contribution in [0.3, 0.4) is 0 Å². The average molecular weight is 430 g/mol. The second-order valence-electron chi connectivity index (χ2n) is 7.88. The summed E-state index contributed by atoms with van der Waals surface area (Å²) in [5.74, 6) is -0.322. The smallest absolute Gasteiger partial charge is 0.298 e. The fourth-order valence-electron chi connectivity index (χ4n) is 2.78.